The van der Waals surface area contributed by atoms with Gasteiger partial charge in [0, 0.05) is 0 Å². The maximum absolute atomic E-state index is 2.26. The van der Waals surface area contributed by atoms with Gasteiger partial charge in [-0.3, -0.25) is 0 Å². The SMILES string of the molecule is S.c1cc[te]c1. The second kappa shape index (κ2) is 3.80. The van der Waals surface area contributed by atoms with Crippen molar-refractivity contribution in [3.05, 3.63) is 20.3 Å². The van der Waals surface area contributed by atoms with Gasteiger partial charge in [0.25, 0.3) is 0 Å². The van der Waals surface area contributed by atoms with Crippen molar-refractivity contribution in [1.82, 2.24) is 0 Å². The summed E-state index contributed by atoms with van der Waals surface area (Å²) in [5.74, 6) is 0. The number of hydrogen-bond acceptors (Lipinski definition) is 0. The fourth-order valence-corrected chi connectivity index (χ4v) is 1.52. The van der Waals surface area contributed by atoms with E-state index in [1.807, 2.05) is 0 Å². The first-order chi connectivity index (χ1) is 2.50. The Kier molecular flexibility index (Phi) is 4.19. The molecule has 6 heavy (non-hydrogen) atoms. The Morgan fingerprint density at radius 1 is 1.00 bits per heavy atom. The predicted octanol–water partition coefficient (Wildman–Crippen LogP) is 0.856. The van der Waals surface area contributed by atoms with E-state index in [1.165, 1.54) is 0 Å². The second-order valence-corrected chi connectivity index (χ2v) is 3.12. The molecule has 0 fully saturated rings. The molecule has 1 aromatic heterocycles. The minimum absolute atomic E-state index is 0. The van der Waals surface area contributed by atoms with Crippen molar-refractivity contribution in [1.29, 1.82) is 0 Å². The molecule has 1 heterocycles. The molecule has 34 valence electrons. The van der Waals surface area contributed by atoms with E-state index >= 15 is 0 Å². The summed E-state index contributed by atoms with van der Waals surface area (Å²) in [7, 11) is 0. The maximum atomic E-state index is 2.26. The van der Waals surface area contributed by atoms with Crippen LogP contribution >= 0.6 is 13.5 Å². The molecule has 1 rings (SSSR count). The van der Waals surface area contributed by atoms with Gasteiger partial charge < -0.3 is 0 Å². The molecule has 0 saturated heterocycles. The Bertz CT molecular complexity index is 64.0. The Balaban J connectivity index is 0.000000250. The van der Waals surface area contributed by atoms with Crippen LogP contribution in [0.25, 0.3) is 0 Å². The van der Waals surface area contributed by atoms with Gasteiger partial charge in [0.15, 0.2) is 0 Å². The van der Waals surface area contributed by atoms with Gasteiger partial charge >= 0.3 is 40.7 Å². The zero-order chi connectivity index (χ0) is 3.54. The van der Waals surface area contributed by atoms with E-state index in [1.54, 1.807) is 0 Å². The van der Waals surface area contributed by atoms with Crippen LogP contribution in [0.1, 0.15) is 0 Å². The summed E-state index contributed by atoms with van der Waals surface area (Å²) in [4.78, 5) is 0. The first-order valence-electron chi connectivity index (χ1n) is 1.47. The molecule has 0 saturated carbocycles. The zero-order valence-corrected chi connectivity index (χ0v) is 6.55. The Morgan fingerprint density at radius 2 is 1.50 bits per heavy atom. The van der Waals surface area contributed by atoms with Crippen LogP contribution in [0.5, 0.6) is 0 Å². The third-order valence-corrected chi connectivity index (χ3v) is 2.22. The van der Waals surface area contributed by atoms with Crippen molar-refractivity contribution in [2.45, 2.75) is 0 Å². The molecular formula is C4H6STe. The van der Waals surface area contributed by atoms with Crippen LogP contribution in [0.3, 0.4) is 0 Å². The van der Waals surface area contributed by atoms with E-state index in [9.17, 15) is 0 Å². The van der Waals surface area contributed by atoms with Crippen molar-refractivity contribution >= 4 is 33.9 Å². The van der Waals surface area contributed by atoms with E-state index < -0.39 is 0 Å². The van der Waals surface area contributed by atoms with Crippen molar-refractivity contribution in [2.24, 2.45) is 0 Å². The summed E-state index contributed by atoms with van der Waals surface area (Å²) in [6.45, 7) is 0. The molecule has 0 aliphatic carbocycles. The molecule has 0 aliphatic heterocycles. The summed E-state index contributed by atoms with van der Waals surface area (Å²) in [5.41, 5.74) is 0. The van der Waals surface area contributed by atoms with Gasteiger partial charge in [0.2, 0.25) is 0 Å². The first-order valence-corrected chi connectivity index (χ1v) is 4.16. The Hall–Kier alpha value is 0.620. The third-order valence-electron chi connectivity index (χ3n) is 0.425. The van der Waals surface area contributed by atoms with Crippen LogP contribution in [0, 0.1) is 0 Å². The monoisotopic (exact) mass is 216 g/mol. The standard InChI is InChI=1S/C4H4Te.H2S/c1-2-4-5-3-1;/h1-4H;1H2. The second-order valence-electron chi connectivity index (χ2n) is 0.793. The van der Waals surface area contributed by atoms with Gasteiger partial charge in [0.1, 0.15) is 0 Å². The van der Waals surface area contributed by atoms with Gasteiger partial charge in [0.05, 0.1) is 0 Å². The van der Waals surface area contributed by atoms with Crippen LogP contribution in [0.4, 0.5) is 0 Å². The van der Waals surface area contributed by atoms with E-state index in [4.69, 9.17) is 0 Å². The third kappa shape index (κ3) is 1.92. The van der Waals surface area contributed by atoms with Crippen LogP contribution in [-0.4, -0.2) is 20.4 Å². The fraction of sp³-hybridized carbons (Fsp3) is 0. The van der Waals surface area contributed by atoms with Crippen LogP contribution in [0.15, 0.2) is 20.3 Å². The molecule has 0 atom stereocenters. The quantitative estimate of drug-likeness (QED) is 0.561. The Labute approximate surface area is 54.2 Å². The zero-order valence-electron chi connectivity index (χ0n) is 3.22. The molecule has 2 heteroatoms. The number of hydrogen-bond donors (Lipinski definition) is 0. The van der Waals surface area contributed by atoms with Gasteiger partial charge in [-0.25, -0.2) is 0 Å². The average Bonchev–Trinajstić information content (AvgIpc) is 1.76. The minimum atomic E-state index is 0. The molecule has 0 spiro atoms. The van der Waals surface area contributed by atoms with Gasteiger partial charge in [-0.1, -0.05) is 0 Å². The topological polar surface area (TPSA) is 0 Å². The van der Waals surface area contributed by atoms with Gasteiger partial charge in [-0.2, -0.15) is 13.5 Å². The van der Waals surface area contributed by atoms with Crippen molar-refractivity contribution in [3.63, 3.8) is 0 Å². The summed E-state index contributed by atoms with van der Waals surface area (Å²) in [6.07, 6.45) is 0. The summed E-state index contributed by atoms with van der Waals surface area (Å²) >= 11 is 0.243. The van der Waals surface area contributed by atoms with Gasteiger partial charge in [-0.05, 0) is 0 Å². The van der Waals surface area contributed by atoms with Crippen LogP contribution in [-0.2, 0) is 0 Å². The summed E-state index contributed by atoms with van der Waals surface area (Å²) < 4.78 is 4.51. The molecule has 0 aromatic carbocycles. The van der Waals surface area contributed by atoms with Crippen molar-refractivity contribution in [3.8, 4) is 0 Å². The molecule has 0 bridgehead atoms. The summed E-state index contributed by atoms with van der Waals surface area (Å²) in [5, 5.41) is 0. The normalized spacial score (nSPS) is 6.67. The van der Waals surface area contributed by atoms with Crippen LogP contribution in [0.2, 0.25) is 0 Å². The van der Waals surface area contributed by atoms with Crippen molar-refractivity contribution < 1.29 is 0 Å². The van der Waals surface area contributed by atoms with Crippen molar-refractivity contribution in [2.75, 3.05) is 0 Å². The molecule has 0 unspecified atom stereocenters. The van der Waals surface area contributed by atoms with E-state index in [2.05, 4.69) is 20.3 Å². The van der Waals surface area contributed by atoms with Gasteiger partial charge in [-0.15, -0.1) is 0 Å². The predicted molar refractivity (Wildman–Crippen MR) is 33.8 cm³/mol. The van der Waals surface area contributed by atoms with E-state index in [0.717, 1.165) is 0 Å². The average molecular weight is 214 g/mol. The molecule has 1 aromatic rings. The molecule has 0 N–H and O–H groups in total. The molecular weight excluding hydrogens is 208 g/mol. The molecule has 0 amide bonds. The first kappa shape index (κ1) is 6.62. The summed E-state index contributed by atoms with van der Waals surface area (Å²) in [6, 6.07) is 4.23. The molecule has 0 aliphatic rings. The van der Waals surface area contributed by atoms with E-state index in [0.29, 0.717) is 0 Å². The molecule has 0 nitrogen and oxygen atoms in total. The molecule has 0 radical (unpaired) electrons. The Morgan fingerprint density at radius 3 is 1.67 bits per heavy atom. The van der Waals surface area contributed by atoms with Crippen LogP contribution < -0.4 is 0 Å². The fourth-order valence-electron chi connectivity index (χ4n) is 0.227. The number of rotatable bonds is 0. The van der Waals surface area contributed by atoms with E-state index in [-0.39, 0.29) is 33.9 Å².